The van der Waals surface area contributed by atoms with Crippen LogP contribution in [-0.2, 0) is 22.9 Å². The minimum atomic E-state index is -3.40. The monoisotopic (exact) mass is 371 g/mol. The molecule has 1 aliphatic rings. The minimum absolute atomic E-state index is 0.378. The fraction of sp³-hybridized carbons (Fsp3) is 0.250. The maximum Gasteiger partial charge on any atom is 0.229 e. The molecule has 3 rings (SSSR count). The Bertz CT molecular complexity index is 866. The van der Waals surface area contributed by atoms with Crippen LogP contribution in [-0.4, -0.2) is 14.7 Å². The van der Waals surface area contributed by atoms with Crippen molar-refractivity contribution in [2.24, 2.45) is 0 Å². The lowest BCUT2D eigenvalue weighted by Gasteiger charge is -2.15. The Morgan fingerprint density at radius 3 is 2.39 bits per heavy atom. The standard InChI is InChI=1S/C16H15Cl2NO3S/c1-23(20,21)19-15-7-10-3-2-4-11(10)8-16(15)22-12-5-6-13(17)14(18)9-12/h5-9,19H,2-4H2,1H3. The topological polar surface area (TPSA) is 55.4 Å². The average molecular weight is 372 g/mol. The lowest BCUT2D eigenvalue weighted by Crippen LogP contribution is -2.11. The van der Waals surface area contributed by atoms with Crippen LogP contribution in [0, 0.1) is 0 Å². The molecule has 0 amide bonds. The van der Waals surface area contributed by atoms with Gasteiger partial charge in [0.1, 0.15) is 5.75 Å². The van der Waals surface area contributed by atoms with Crippen LogP contribution in [0.25, 0.3) is 0 Å². The summed E-state index contributed by atoms with van der Waals surface area (Å²) < 4.78 is 31.6. The van der Waals surface area contributed by atoms with Crippen molar-refractivity contribution in [1.29, 1.82) is 0 Å². The number of halogens is 2. The van der Waals surface area contributed by atoms with Crippen molar-refractivity contribution in [1.82, 2.24) is 0 Å². The van der Waals surface area contributed by atoms with Crippen LogP contribution in [0.1, 0.15) is 17.5 Å². The molecular formula is C16H15Cl2NO3S. The molecule has 1 aliphatic carbocycles. The van der Waals surface area contributed by atoms with E-state index in [1.807, 2.05) is 12.1 Å². The van der Waals surface area contributed by atoms with Gasteiger partial charge in [-0.2, -0.15) is 0 Å². The highest BCUT2D eigenvalue weighted by Crippen LogP contribution is 2.37. The van der Waals surface area contributed by atoms with Crippen LogP contribution >= 0.6 is 23.2 Å². The SMILES string of the molecule is CS(=O)(=O)Nc1cc2c(cc1Oc1ccc(Cl)c(Cl)c1)CCC2. The smallest absolute Gasteiger partial charge is 0.229 e. The summed E-state index contributed by atoms with van der Waals surface area (Å²) in [5.74, 6) is 0.948. The molecule has 7 heteroatoms. The number of hydrogen-bond acceptors (Lipinski definition) is 3. The van der Waals surface area contributed by atoms with Crippen molar-refractivity contribution in [3.8, 4) is 11.5 Å². The Morgan fingerprint density at radius 1 is 1.04 bits per heavy atom. The third-order valence-electron chi connectivity index (χ3n) is 3.61. The number of ether oxygens (including phenoxy) is 1. The molecule has 122 valence electrons. The molecule has 0 unspecified atom stereocenters. The van der Waals surface area contributed by atoms with Gasteiger partial charge in [0.2, 0.25) is 10.0 Å². The van der Waals surface area contributed by atoms with E-state index in [2.05, 4.69) is 4.72 Å². The molecule has 0 bridgehead atoms. The average Bonchev–Trinajstić information content (AvgIpc) is 2.88. The van der Waals surface area contributed by atoms with E-state index >= 15 is 0 Å². The van der Waals surface area contributed by atoms with E-state index in [1.165, 1.54) is 5.56 Å². The summed E-state index contributed by atoms with van der Waals surface area (Å²) in [7, 11) is -3.40. The first-order valence-electron chi connectivity index (χ1n) is 7.08. The lowest BCUT2D eigenvalue weighted by atomic mass is 10.1. The predicted molar refractivity (Wildman–Crippen MR) is 93.5 cm³/mol. The lowest BCUT2D eigenvalue weighted by molar-refractivity contribution is 0.484. The van der Waals surface area contributed by atoms with Gasteiger partial charge in [0, 0.05) is 6.07 Å². The molecule has 0 aliphatic heterocycles. The number of sulfonamides is 1. The fourth-order valence-corrected chi connectivity index (χ4v) is 3.48. The van der Waals surface area contributed by atoms with Gasteiger partial charge in [0.05, 0.1) is 22.0 Å². The Morgan fingerprint density at radius 2 is 1.74 bits per heavy atom. The molecule has 0 atom stereocenters. The molecule has 2 aromatic rings. The van der Waals surface area contributed by atoms with E-state index < -0.39 is 10.0 Å². The number of hydrogen-bond donors (Lipinski definition) is 1. The third kappa shape index (κ3) is 3.91. The van der Waals surface area contributed by atoms with Crippen molar-refractivity contribution < 1.29 is 13.2 Å². The van der Waals surface area contributed by atoms with Crippen LogP contribution in [0.4, 0.5) is 5.69 Å². The number of rotatable bonds is 4. The molecule has 0 radical (unpaired) electrons. The molecule has 1 N–H and O–H groups in total. The van der Waals surface area contributed by atoms with E-state index in [1.54, 1.807) is 18.2 Å². The second-order valence-electron chi connectivity index (χ2n) is 5.52. The second-order valence-corrected chi connectivity index (χ2v) is 8.09. The largest absolute Gasteiger partial charge is 0.455 e. The second kappa shape index (κ2) is 6.23. The summed E-state index contributed by atoms with van der Waals surface area (Å²) in [4.78, 5) is 0. The first kappa shape index (κ1) is 16.4. The van der Waals surface area contributed by atoms with E-state index in [9.17, 15) is 8.42 Å². The zero-order chi connectivity index (χ0) is 16.6. The van der Waals surface area contributed by atoms with Gasteiger partial charge in [-0.05, 0) is 54.7 Å². The fourth-order valence-electron chi connectivity index (χ4n) is 2.63. The number of benzene rings is 2. The van der Waals surface area contributed by atoms with Crippen molar-refractivity contribution in [2.45, 2.75) is 19.3 Å². The summed E-state index contributed by atoms with van der Waals surface area (Å²) in [5.41, 5.74) is 2.76. The van der Waals surface area contributed by atoms with Crippen LogP contribution in [0.15, 0.2) is 30.3 Å². The summed E-state index contributed by atoms with van der Waals surface area (Å²) in [6.45, 7) is 0. The van der Waals surface area contributed by atoms with Crippen LogP contribution in [0.2, 0.25) is 10.0 Å². The summed E-state index contributed by atoms with van der Waals surface area (Å²) in [6, 6.07) is 8.65. The maximum absolute atomic E-state index is 11.6. The Labute approximate surface area is 145 Å². The van der Waals surface area contributed by atoms with Gasteiger partial charge in [-0.15, -0.1) is 0 Å². The molecular weight excluding hydrogens is 357 g/mol. The summed E-state index contributed by atoms with van der Waals surface area (Å²) >= 11 is 11.9. The maximum atomic E-state index is 11.6. The first-order valence-corrected chi connectivity index (χ1v) is 9.73. The van der Waals surface area contributed by atoms with Crippen LogP contribution in [0.3, 0.4) is 0 Å². The van der Waals surface area contributed by atoms with Crippen molar-refractivity contribution >= 4 is 38.9 Å². The number of nitrogens with one attached hydrogen (secondary N) is 1. The summed E-state index contributed by atoms with van der Waals surface area (Å²) in [6.07, 6.45) is 4.08. The molecule has 0 aromatic heterocycles. The third-order valence-corrected chi connectivity index (χ3v) is 4.94. The summed E-state index contributed by atoms with van der Waals surface area (Å²) in [5, 5.41) is 0.811. The number of aryl methyl sites for hydroxylation is 2. The minimum Gasteiger partial charge on any atom is -0.455 e. The van der Waals surface area contributed by atoms with Gasteiger partial charge >= 0.3 is 0 Å². The van der Waals surface area contributed by atoms with Gasteiger partial charge in [-0.25, -0.2) is 8.42 Å². The number of anilines is 1. The highest BCUT2D eigenvalue weighted by Gasteiger charge is 2.18. The molecule has 4 nitrogen and oxygen atoms in total. The van der Waals surface area contributed by atoms with E-state index in [0.29, 0.717) is 27.2 Å². The van der Waals surface area contributed by atoms with Gasteiger partial charge in [0.25, 0.3) is 0 Å². The van der Waals surface area contributed by atoms with E-state index in [-0.39, 0.29) is 0 Å². The van der Waals surface area contributed by atoms with E-state index in [0.717, 1.165) is 31.1 Å². The van der Waals surface area contributed by atoms with E-state index in [4.69, 9.17) is 27.9 Å². The molecule has 0 spiro atoms. The van der Waals surface area contributed by atoms with Crippen molar-refractivity contribution in [3.05, 3.63) is 51.5 Å². The Kier molecular flexibility index (Phi) is 4.45. The van der Waals surface area contributed by atoms with Gasteiger partial charge in [-0.3, -0.25) is 4.72 Å². The molecule has 0 saturated heterocycles. The van der Waals surface area contributed by atoms with Crippen LogP contribution in [0.5, 0.6) is 11.5 Å². The quantitative estimate of drug-likeness (QED) is 0.850. The van der Waals surface area contributed by atoms with Crippen molar-refractivity contribution in [2.75, 3.05) is 11.0 Å². The van der Waals surface area contributed by atoms with Crippen LogP contribution < -0.4 is 9.46 Å². The van der Waals surface area contributed by atoms with Crippen molar-refractivity contribution in [3.63, 3.8) is 0 Å². The zero-order valence-corrected chi connectivity index (χ0v) is 14.7. The van der Waals surface area contributed by atoms with Gasteiger partial charge in [-0.1, -0.05) is 23.2 Å². The Hall–Kier alpha value is -1.43. The van der Waals surface area contributed by atoms with Gasteiger partial charge in [0.15, 0.2) is 5.75 Å². The first-order chi connectivity index (χ1) is 10.8. The molecule has 0 fully saturated rings. The highest BCUT2D eigenvalue weighted by molar-refractivity contribution is 7.92. The zero-order valence-electron chi connectivity index (χ0n) is 12.4. The van der Waals surface area contributed by atoms with Gasteiger partial charge < -0.3 is 4.74 Å². The molecule has 0 saturated carbocycles. The molecule has 0 heterocycles. The highest BCUT2D eigenvalue weighted by atomic mass is 35.5. The number of fused-ring (bicyclic) bond motifs is 1. The predicted octanol–water partition coefficient (Wildman–Crippen LogP) is 4.65. The normalized spacial score (nSPS) is 13.7. The molecule has 2 aromatic carbocycles. The Balaban J connectivity index is 2.00. The molecule has 23 heavy (non-hydrogen) atoms.